The molecule has 20 heavy (non-hydrogen) atoms. The molecule has 0 aromatic rings. The van der Waals surface area contributed by atoms with Crippen molar-refractivity contribution in [2.75, 3.05) is 0 Å². The van der Waals surface area contributed by atoms with Crippen LogP contribution >= 0.6 is 0 Å². The summed E-state index contributed by atoms with van der Waals surface area (Å²) in [5.41, 5.74) is 5.80. The number of hydrogen-bond donors (Lipinski definition) is 0. The summed E-state index contributed by atoms with van der Waals surface area (Å²) < 4.78 is 0. The quantitative estimate of drug-likeness (QED) is 0.314. The molecule has 0 fully saturated rings. The van der Waals surface area contributed by atoms with E-state index in [1.807, 2.05) is 0 Å². The molecule has 0 aliphatic rings. The molecule has 0 heterocycles. The van der Waals surface area contributed by atoms with Gasteiger partial charge in [-0.1, -0.05) is 46.6 Å². The van der Waals surface area contributed by atoms with Gasteiger partial charge in [0.05, 0.1) is 0 Å². The van der Waals surface area contributed by atoms with Crippen LogP contribution in [0.3, 0.4) is 0 Å². The van der Waals surface area contributed by atoms with Gasteiger partial charge in [0.1, 0.15) is 0 Å². The van der Waals surface area contributed by atoms with Gasteiger partial charge in [-0.25, -0.2) is 0 Å². The third-order valence-corrected chi connectivity index (χ3v) is 3.18. The Hall–Kier alpha value is -1.04. The van der Waals surface area contributed by atoms with Crippen LogP contribution in [0.1, 0.15) is 73.6 Å². The first-order valence-electron chi connectivity index (χ1n) is 7.83. The van der Waals surface area contributed by atoms with Gasteiger partial charge in [0.15, 0.2) is 0 Å². The number of unbranched alkanes of at least 4 members (excludes halogenated alkanes) is 1. The largest absolute Gasteiger partial charge is 0.0856 e. The Morgan fingerprint density at radius 3 is 1.75 bits per heavy atom. The predicted molar refractivity (Wildman–Crippen MR) is 93.8 cm³/mol. The van der Waals surface area contributed by atoms with Gasteiger partial charge < -0.3 is 0 Å². The second-order valence-electron chi connectivity index (χ2n) is 6.18. The number of rotatable bonds is 9. The summed E-state index contributed by atoms with van der Waals surface area (Å²) >= 11 is 0. The smallest absolute Gasteiger partial charge is 0.0130 e. The highest BCUT2D eigenvalue weighted by molar-refractivity contribution is 5.09. The van der Waals surface area contributed by atoms with E-state index in [9.17, 15) is 0 Å². The molecule has 0 aliphatic heterocycles. The van der Waals surface area contributed by atoms with E-state index in [4.69, 9.17) is 0 Å². The van der Waals surface area contributed by atoms with E-state index in [0.29, 0.717) is 0 Å². The summed E-state index contributed by atoms with van der Waals surface area (Å²) in [6.45, 7) is 13.1. The highest BCUT2D eigenvalue weighted by Gasteiger charge is 1.92. The minimum absolute atomic E-state index is 1.06. The van der Waals surface area contributed by atoms with Crippen molar-refractivity contribution < 1.29 is 0 Å². The number of allylic oxidation sites excluding steroid dienone is 8. The fourth-order valence-electron chi connectivity index (χ4n) is 1.91. The average Bonchev–Trinajstić information content (AvgIpc) is 2.34. The maximum Gasteiger partial charge on any atom is -0.0130 e. The lowest BCUT2D eigenvalue weighted by Gasteiger charge is -2.01. The third-order valence-electron chi connectivity index (χ3n) is 3.18. The molecule has 0 nitrogen and oxygen atoms in total. The zero-order chi connectivity index (χ0) is 15.4. The molecule has 0 rings (SSSR count). The molecule has 0 amide bonds. The Balaban J connectivity index is 3.88. The monoisotopic (exact) mass is 273 g/mol. The molecule has 0 saturated heterocycles. The van der Waals surface area contributed by atoms with Gasteiger partial charge in [-0.15, -0.1) is 0 Å². The summed E-state index contributed by atoms with van der Waals surface area (Å²) in [5.74, 6) is 0. The molecular formula is C20H33. The van der Waals surface area contributed by atoms with Crippen LogP contribution in [-0.4, -0.2) is 0 Å². The molecule has 0 atom stereocenters. The second-order valence-corrected chi connectivity index (χ2v) is 6.18. The molecule has 0 aromatic carbocycles. The molecule has 0 heteroatoms. The minimum Gasteiger partial charge on any atom is -0.0856 e. The van der Waals surface area contributed by atoms with Crippen molar-refractivity contribution >= 4 is 0 Å². The Labute approximate surface area is 127 Å². The summed E-state index contributed by atoms with van der Waals surface area (Å²) in [6, 6.07) is 0. The standard InChI is InChI=1S/C20H33/c1-17(2)11-7-8-13-19(5)15-10-16-20(6)14-9-12-18(3)4/h7,11-13,16H,8-10,14-15H2,1-6H3. The van der Waals surface area contributed by atoms with E-state index in [-0.39, 0.29) is 0 Å². The van der Waals surface area contributed by atoms with Crippen molar-refractivity contribution in [1.82, 2.24) is 0 Å². The zero-order valence-corrected chi connectivity index (χ0v) is 14.4. The first-order valence-corrected chi connectivity index (χ1v) is 7.83. The van der Waals surface area contributed by atoms with E-state index >= 15 is 0 Å². The molecule has 0 aliphatic carbocycles. The van der Waals surface area contributed by atoms with Crippen LogP contribution in [0, 0.1) is 6.42 Å². The lowest BCUT2D eigenvalue weighted by molar-refractivity contribution is 0.914. The highest BCUT2D eigenvalue weighted by atomic mass is 14.0. The van der Waals surface area contributed by atoms with E-state index in [2.05, 4.69) is 72.3 Å². The van der Waals surface area contributed by atoms with Crippen molar-refractivity contribution in [2.24, 2.45) is 0 Å². The van der Waals surface area contributed by atoms with Crippen LogP contribution in [0.2, 0.25) is 0 Å². The summed E-state index contributed by atoms with van der Waals surface area (Å²) in [5, 5.41) is 0. The van der Waals surface area contributed by atoms with Crippen LogP contribution in [0.4, 0.5) is 0 Å². The number of hydrogen-bond acceptors (Lipinski definition) is 0. The normalized spacial score (nSPS) is 12.3. The summed E-state index contributed by atoms with van der Waals surface area (Å²) in [6.07, 6.45) is 17.3. The van der Waals surface area contributed by atoms with Gasteiger partial charge in [0.25, 0.3) is 0 Å². The van der Waals surface area contributed by atoms with Gasteiger partial charge in [-0.3, -0.25) is 0 Å². The van der Waals surface area contributed by atoms with E-state index in [0.717, 1.165) is 6.42 Å². The maximum atomic E-state index is 2.40. The van der Waals surface area contributed by atoms with Gasteiger partial charge in [-0.2, -0.15) is 0 Å². The second kappa shape index (κ2) is 11.8. The minimum atomic E-state index is 1.06. The van der Waals surface area contributed by atoms with Crippen molar-refractivity contribution in [1.29, 1.82) is 0 Å². The van der Waals surface area contributed by atoms with E-state index in [1.165, 1.54) is 48.0 Å². The lowest BCUT2D eigenvalue weighted by Crippen LogP contribution is -1.81. The van der Waals surface area contributed by atoms with Crippen LogP contribution in [0.25, 0.3) is 0 Å². The summed E-state index contributed by atoms with van der Waals surface area (Å²) in [7, 11) is 0. The molecule has 0 aromatic heterocycles. The van der Waals surface area contributed by atoms with Crippen molar-refractivity contribution in [3.8, 4) is 0 Å². The average molecular weight is 273 g/mol. The molecule has 1 radical (unpaired) electrons. The highest BCUT2D eigenvalue weighted by Crippen LogP contribution is 2.12. The Bertz CT molecular complexity index is 367. The molecule has 0 unspecified atom stereocenters. The predicted octanol–water partition coefficient (Wildman–Crippen LogP) is 6.97. The van der Waals surface area contributed by atoms with E-state index < -0.39 is 0 Å². The fraction of sp³-hybridized carbons (Fsp3) is 0.550. The van der Waals surface area contributed by atoms with Crippen LogP contribution in [0.5, 0.6) is 0 Å². The lowest BCUT2D eigenvalue weighted by atomic mass is 10.1. The molecule has 113 valence electrons. The summed E-state index contributed by atoms with van der Waals surface area (Å²) in [4.78, 5) is 0. The molecular weight excluding hydrogens is 240 g/mol. The fourth-order valence-corrected chi connectivity index (χ4v) is 1.91. The Kier molecular flexibility index (Phi) is 11.1. The van der Waals surface area contributed by atoms with E-state index in [1.54, 1.807) is 0 Å². The van der Waals surface area contributed by atoms with Crippen LogP contribution in [-0.2, 0) is 0 Å². The van der Waals surface area contributed by atoms with Crippen LogP contribution < -0.4 is 0 Å². The molecule has 0 spiro atoms. The molecule has 0 saturated carbocycles. The van der Waals surface area contributed by atoms with Gasteiger partial charge >= 0.3 is 0 Å². The third kappa shape index (κ3) is 13.4. The van der Waals surface area contributed by atoms with Gasteiger partial charge in [0.2, 0.25) is 0 Å². The van der Waals surface area contributed by atoms with Crippen molar-refractivity contribution in [3.05, 3.63) is 53.0 Å². The van der Waals surface area contributed by atoms with Gasteiger partial charge in [0, 0.05) is 0 Å². The maximum absolute atomic E-state index is 2.40. The first kappa shape index (κ1) is 19.0. The van der Waals surface area contributed by atoms with Crippen molar-refractivity contribution in [3.63, 3.8) is 0 Å². The Morgan fingerprint density at radius 1 is 0.650 bits per heavy atom. The zero-order valence-electron chi connectivity index (χ0n) is 14.4. The molecule has 0 N–H and O–H groups in total. The Morgan fingerprint density at radius 2 is 1.20 bits per heavy atom. The van der Waals surface area contributed by atoms with Gasteiger partial charge in [-0.05, 0) is 80.1 Å². The molecule has 0 bridgehead atoms. The first-order chi connectivity index (χ1) is 9.41. The van der Waals surface area contributed by atoms with Crippen LogP contribution in [0.15, 0.2) is 46.6 Å². The topological polar surface area (TPSA) is 0 Å². The SMILES string of the molecule is CC(C)=C[CH]CC=C(C)CCC=C(C)CCC=C(C)C. The van der Waals surface area contributed by atoms with Crippen molar-refractivity contribution in [2.45, 2.75) is 73.6 Å².